The van der Waals surface area contributed by atoms with Crippen molar-refractivity contribution in [1.82, 2.24) is 10.3 Å². The number of aromatic nitrogens is 1. The molecule has 116 valence electrons. The Hall–Kier alpha value is -0.840. The van der Waals surface area contributed by atoms with Crippen LogP contribution in [0.4, 0.5) is 0 Å². The molecule has 3 rings (SSSR count). The Kier molecular flexibility index (Phi) is 4.99. The van der Waals surface area contributed by atoms with E-state index in [4.69, 9.17) is 21.1 Å². The Morgan fingerprint density at radius 3 is 2.81 bits per heavy atom. The Morgan fingerprint density at radius 2 is 2.10 bits per heavy atom. The van der Waals surface area contributed by atoms with Crippen LogP contribution in [0.5, 0.6) is 5.88 Å². The molecular weight excluding hydrogens is 288 g/mol. The van der Waals surface area contributed by atoms with Gasteiger partial charge in [-0.15, -0.1) is 0 Å². The molecule has 2 saturated carbocycles. The maximum Gasteiger partial charge on any atom is 0.232 e. The van der Waals surface area contributed by atoms with Crippen molar-refractivity contribution in [3.8, 4) is 5.88 Å². The summed E-state index contributed by atoms with van der Waals surface area (Å²) in [7, 11) is 1.76. The molecule has 0 saturated heterocycles. The van der Waals surface area contributed by atoms with Gasteiger partial charge in [0.1, 0.15) is 11.1 Å². The van der Waals surface area contributed by atoms with Crippen molar-refractivity contribution in [2.24, 2.45) is 0 Å². The SMILES string of the molecule is COC1CCCC(Oc2ncc(CNC3CC3)cc2Cl)C1. The van der Waals surface area contributed by atoms with Gasteiger partial charge in [0, 0.05) is 32.3 Å². The molecule has 2 unspecified atom stereocenters. The lowest BCUT2D eigenvalue weighted by Gasteiger charge is -2.28. The lowest BCUT2D eigenvalue weighted by atomic mass is 9.95. The van der Waals surface area contributed by atoms with Gasteiger partial charge in [0.2, 0.25) is 5.88 Å². The number of pyridine rings is 1. The first-order valence-electron chi connectivity index (χ1n) is 7.82. The van der Waals surface area contributed by atoms with Crippen molar-refractivity contribution in [2.75, 3.05) is 7.11 Å². The molecule has 2 aliphatic rings. The van der Waals surface area contributed by atoms with Crippen LogP contribution >= 0.6 is 11.6 Å². The van der Waals surface area contributed by atoms with Gasteiger partial charge in [0.05, 0.1) is 6.10 Å². The molecule has 1 heterocycles. The summed E-state index contributed by atoms with van der Waals surface area (Å²) in [5.74, 6) is 0.550. The lowest BCUT2D eigenvalue weighted by Crippen LogP contribution is -2.29. The Bertz CT molecular complexity index is 479. The van der Waals surface area contributed by atoms with E-state index in [2.05, 4.69) is 10.3 Å². The Morgan fingerprint density at radius 1 is 1.29 bits per heavy atom. The Labute approximate surface area is 131 Å². The summed E-state index contributed by atoms with van der Waals surface area (Å²) < 4.78 is 11.4. The summed E-state index contributed by atoms with van der Waals surface area (Å²) >= 11 is 6.30. The maximum absolute atomic E-state index is 6.30. The van der Waals surface area contributed by atoms with Gasteiger partial charge in [-0.1, -0.05) is 11.6 Å². The van der Waals surface area contributed by atoms with Gasteiger partial charge in [-0.25, -0.2) is 4.98 Å². The number of halogens is 1. The standard InChI is InChI=1S/C16H23ClN2O2/c1-20-13-3-2-4-14(8-13)21-16-15(17)7-11(10-19-16)9-18-12-5-6-12/h7,10,12-14,18H,2-6,8-9H2,1H3. The van der Waals surface area contributed by atoms with Crippen LogP contribution in [-0.2, 0) is 11.3 Å². The van der Waals surface area contributed by atoms with E-state index in [1.807, 2.05) is 12.3 Å². The molecule has 21 heavy (non-hydrogen) atoms. The molecule has 0 aromatic carbocycles. The number of hydrogen-bond donors (Lipinski definition) is 1. The summed E-state index contributed by atoms with van der Waals surface area (Å²) in [6.07, 6.45) is 9.08. The van der Waals surface area contributed by atoms with Crippen LogP contribution in [0.25, 0.3) is 0 Å². The van der Waals surface area contributed by atoms with Gasteiger partial charge in [-0.3, -0.25) is 0 Å². The molecule has 5 heteroatoms. The second-order valence-electron chi connectivity index (χ2n) is 6.05. The summed E-state index contributed by atoms with van der Waals surface area (Å²) in [4.78, 5) is 4.39. The number of rotatable bonds is 6. The van der Waals surface area contributed by atoms with Gasteiger partial charge >= 0.3 is 0 Å². The van der Waals surface area contributed by atoms with E-state index in [-0.39, 0.29) is 6.10 Å². The molecule has 0 amide bonds. The van der Waals surface area contributed by atoms with E-state index in [0.29, 0.717) is 23.0 Å². The molecule has 1 aromatic rings. The zero-order chi connectivity index (χ0) is 14.7. The normalized spacial score (nSPS) is 25.8. The van der Waals surface area contributed by atoms with Gasteiger partial charge < -0.3 is 14.8 Å². The fraction of sp³-hybridized carbons (Fsp3) is 0.688. The zero-order valence-electron chi connectivity index (χ0n) is 12.5. The topological polar surface area (TPSA) is 43.4 Å². The van der Waals surface area contributed by atoms with Crippen molar-refractivity contribution in [2.45, 2.75) is 63.3 Å². The van der Waals surface area contributed by atoms with Crippen molar-refractivity contribution >= 4 is 11.6 Å². The van der Waals surface area contributed by atoms with Gasteiger partial charge in [0.25, 0.3) is 0 Å². The van der Waals surface area contributed by atoms with Crippen LogP contribution in [0.15, 0.2) is 12.3 Å². The fourth-order valence-electron chi connectivity index (χ4n) is 2.78. The van der Waals surface area contributed by atoms with Crippen LogP contribution < -0.4 is 10.1 Å². The minimum Gasteiger partial charge on any atom is -0.473 e. The lowest BCUT2D eigenvalue weighted by molar-refractivity contribution is 0.0195. The van der Waals surface area contributed by atoms with Crippen molar-refractivity contribution in [3.05, 3.63) is 22.8 Å². The smallest absolute Gasteiger partial charge is 0.232 e. The Balaban J connectivity index is 1.56. The van der Waals surface area contributed by atoms with Gasteiger partial charge in [-0.2, -0.15) is 0 Å². The van der Waals surface area contributed by atoms with Gasteiger partial charge in [0.15, 0.2) is 0 Å². The third kappa shape index (κ3) is 4.31. The average molecular weight is 311 g/mol. The third-order valence-corrected chi connectivity index (χ3v) is 4.50. The number of nitrogens with zero attached hydrogens (tertiary/aromatic N) is 1. The van der Waals surface area contributed by atoms with Crippen molar-refractivity contribution < 1.29 is 9.47 Å². The zero-order valence-corrected chi connectivity index (χ0v) is 13.2. The summed E-state index contributed by atoms with van der Waals surface area (Å²) in [6, 6.07) is 2.64. The molecule has 0 aliphatic heterocycles. The number of hydrogen-bond acceptors (Lipinski definition) is 4. The minimum absolute atomic E-state index is 0.157. The average Bonchev–Trinajstić information content (AvgIpc) is 3.32. The van der Waals surface area contributed by atoms with E-state index in [1.54, 1.807) is 7.11 Å². The predicted octanol–water partition coefficient (Wildman–Crippen LogP) is 3.32. The van der Waals surface area contributed by atoms with E-state index in [0.717, 1.165) is 37.8 Å². The second kappa shape index (κ2) is 6.95. The first-order chi connectivity index (χ1) is 10.2. The highest BCUT2D eigenvalue weighted by Crippen LogP contribution is 2.29. The second-order valence-corrected chi connectivity index (χ2v) is 6.46. The summed E-state index contributed by atoms with van der Waals surface area (Å²) in [5.41, 5.74) is 1.11. The maximum atomic E-state index is 6.30. The quantitative estimate of drug-likeness (QED) is 0.875. The van der Waals surface area contributed by atoms with Crippen LogP contribution in [-0.4, -0.2) is 30.3 Å². The highest BCUT2D eigenvalue weighted by molar-refractivity contribution is 6.31. The molecule has 2 aliphatic carbocycles. The highest BCUT2D eigenvalue weighted by Gasteiger charge is 2.24. The highest BCUT2D eigenvalue weighted by atomic mass is 35.5. The first-order valence-corrected chi connectivity index (χ1v) is 8.19. The van der Waals surface area contributed by atoms with Crippen LogP contribution in [0.2, 0.25) is 5.02 Å². The summed E-state index contributed by atoms with van der Waals surface area (Å²) in [5, 5.41) is 4.06. The number of nitrogens with one attached hydrogen (secondary N) is 1. The fourth-order valence-corrected chi connectivity index (χ4v) is 3.01. The van der Waals surface area contributed by atoms with Crippen molar-refractivity contribution in [3.63, 3.8) is 0 Å². The van der Waals surface area contributed by atoms with E-state index in [1.165, 1.54) is 12.8 Å². The molecule has 1 N–H and O–H groups in total. The largest absolute Gasteiger partial charge is 0.473 e. The van der Waals surface area contributed by atoms with Crippen LogP contribution in [0, 0.1) is 0 Å². The molecule has 4 nitrogen and oxygen atoms in total. The third-order valence-electron chi connectivity index (χ3n) is 4.23. The van der Waals surface area contributed by atoms with Crippen molar-refractivity contribution in [1.29, 1.82) is 0 Å². The van der Waals surface area contributed by atoms with Gasteiger partial charge in [-0.05, 0) is 43.7 Å². The molecule has 2 atom stereocenters. The molecule has 1 aromatic heterocycles. The van der Waals surface area contributed by atoms with E-state index < -0.39 is 0 Å². The van der Waals surface area contributed by atoms with Crippen LogP contribution in [0.1, 0.15) is 44.1 Å². The van der Waals surface area contributed by atoms with E-state index in [9.17, 15) is 0 Å². The predicted molar refractivity (Wildman–Crippen MR) is 82.8 cm³/mol. The molecule has 0 spiro atoms. The number of methoxy groups -OCH3 is 1. The molecule has 0 radical (unpaired) electrons. The monoisotopic (exact) mass is 310 g/mol. The minimum atomic E-state index is 0.157. The molecule has 0 bridgehead atoms. The van der Waals surface area contributed by atoms with Crippen LogP contribution in [0.3, 0.4) is 0 Å². The van der Waals surface area contributed by atoms with E-state index >= 15 is 0 Å². The molecular formula is C16H23ClN2O2. The first kappa shape index (κ1) is 15.1. The summed E-state index contributed by atoms with van der Waals surface area (Å²) in [6.45, 7) is 0.826. The number of ether oxygens (including phenoxy) is 2. The molecule has 2 fully saturated rings.